The first-order chi connectivity index (χ1) is 13.2. The topological polar surface area (TPSA) is 66.5 Å². The lowest BCUT2D eigenvalue weighted by Gasteiger charge is -2.30. The SMILES string of the molecule is CC[C@@H](C(=O)NCCCc1ccc(C)cc1)N(c1ccccc1F)S(C)(=O)=O. The number of halogens is 1. The van der Waals surface area contributed by atoms with Crippen LogP contribution in [0.4, 0.5) is 10.1 Å². The van der Waals surface area contributed by atoms with Gasteiger partial charge in [0.2, 0.25) is 15.9 Å². The molecule has 1 N–H and O–H groups in total. The normalized spacial score (nSPS) is 12.4. The molecule has 0 bridgehead atoms. The lowest BCUT2D eigenvalue weighted by atomic mass is 10.1. The summed E-state index contributed by atoms with van der Waals surface area (Å²) in [6, 6.07) is 12.7. The molecule has 0 aliphatic carbocycles. The van der Waals surface area contributed by atoms with E-state index >= 15 is 0 Å². The van der Waals surface area contributed by atoms with Crippen molar-refractivity contribution in [1.29, 1.82) is 0 Å². The molecule has 1 amide bonds. The molecule has 0 saturated heterocycles. The van der Waals surface area contributed by atoms with Gasteiger partial charge in [0.25, 0.3) is 0 Å². The molecule has 1 atom stereocenters. The lowest BCUT2D eigenvalue weighted by Crippen LogP contribution is -2.49. The maximum Gasteiger partial charge on any atom is 0.243 e. The summed E-state index contributed by atoms with van der Waals surface area (Å²) in [4.78, 5) is 12.7. The summed E-state index contributed by atoms with van der Waals surface area (Å²) in [5, 5.41) is 2.79. The summed E-state index contributed by atoms with van der Waals surface area (Å²) in [5.74, 6) is -1.11. The molecule has 28 heavy (non-hydrogen) atoms. The Morgan fingerprint density at radius 2 is 1.79 bits per heavy atom. The smallest absolute Gasteiger partial charge is 0.243 e. The minimum absolute atomic E-state index is 0.119. The Bertz CT molecular complexity index is 898. The molecule has 0 spiro atoms. The average Bonchev–Trinajstić information content (AvgIpc) is 2.64. The Morgan fingerprint density at radius 3 is 2.36 bits per heavy atom. The van der Waals surface area contributed by atoms with Gasteiger partial charge in [-0.1, -0.05) is 48.9 Å². The van der Waals surface area contributed by atoms with Gasteiger partial charge in [0.1, 0.15) is 11.9 Å². The highest BCUT2D eigenvalue weighted by Crippen LogP contribution is 2.25. The van der Waals surface area contributed by atoms with Gasteiger partial charge in [0.15, 0.2) is 0 Å². The van der Waals surface area contributed by atoms with Crippen LogP contribution in [0.15, 0.2) is 48.5 Å². The van der Waals surface area contributed by atoms with Crippen molar-refractivity contribution in [1.82, 2.24) is 5.32 Å². The highest BCUT2D eigenvalue weighted by Gasteiger charge is 2.32. The second-order valence-corrected chi connectivity index (χ2v) is 8.67. The Kier molecular flexibility index (Phi) is 7.57. The van der Waals surface area contributed by atoms with Gasteiger partial charge in [-0.05, 0) is 43.9 Å². The van der Waals surface area contributed by atoms with Crippen LogP contribution in [0.3, 0.4) is 0 Å². The molecule has 0 aliphatic heterocycles. The first-order valence-electron chi connectivity index (χ1n) is 9.31. The number of carbonyl (C=O) groups excluding carboxylic acids is 1. The van der Waals surface area contributed by atoms with Crippen LogP contribution in [0.1, 0.15) is 30.9 Å². The van der Waals surface area contributed by atoms with Crippen LogP contribution >= 0.6 is 0 Å². The molecule has 152 valence electrons. The maximum absolute atomic E-state index is 14.2. The molecule has 2 aromatic rings. The molecule has 0 radical (unpaired) electrons. The van der Waals surface area contributed by atoms with E-state index in [2.05, 4.69) is 17.4 Å². The van der Waals surface area contributed by atoms with Gasteiger partial charge in [-0.2, -0.15) is 0 Å². The number of para-hydroxylation sites is 1. The van der Waals surface area contributed by atoms with Crippen LogP contribution < -0.4 is 9.62 Å². The highest BCUT2D eigenvalue weighted by molar-refractivity contribution is 7.92. The largest absolute Gasteiger partial charge is 0.354 e. The van der Waals surface area contributed by atoms with E-state index in [9.17, 15) is 17.6 Å². The van der Waals surface area contributed by atoms with Crippen LogP contribution in [0.2, 0.25) is 0 Å². The summed E-state index contributed by atoms with van der Waals surface area (Å²) in [6.45, 7) is 4.14. The molecule has 5 nitrogen and oxygen atoms in total. The number of hydrogen-bond donors (Lipinski definition) is 1. The number of anilines is 1. The van der Waals surface area contributed by atoms with E-state index in [0.29, 0.717) is 6.54 Å². The summed E-state index contributed by atoms with van der Waals surface area (Å²) < 4.78 is 39.7. The summed E-state index contributed by atoms with van der Waals surface area (Å²) in [5.41, 5.74) is 2.25. The zero-order valence-electron chi connectivity index (χ0n) is 16.5. The standard InChI is InChI=1S/C21H27FN2O3S/c1-4-19(24(28(3,26)27)20-10-6-5-9-18(20)22)21(25)23-15-7-8-17-13-11-16(2)12-14-17/h5-6,9-14,19H,4,7-8,15H2,1-3H3,(H,23,25)/t19-/m0/s1. The number of carbonyl (C=O) groups is 1. The summed E-state index contributed by atoms with van der Waals surface area (Å²) in [6.07, 6.45) is 2.74. The number of sulfonamides is 1. The predicted octanol–water partition coefficient (Wildman–Crippen LogP) is 3.43. The van der Waals surface area contributed by atoms with Crippen LogP contribution in [0.25, 0.3) is 0 Å². The molecular formula is C21H27FN2O3S. The molecule has 0 fully saturated rings. The van der Waals surface area contributed by atoms with Gasteiger partial charge in [-0.3, -0.25) is 9.10 Å². The first-order valence-corrected chi connectivity index (χ1v) is 11.2. The molecule has 0 unspecified atom stereocenters. The van der Waals surface area contributed by atoms with E-state index < -0.39 is 27.8 Å². The van der Waals surface area contributed by atoms with Crippen LogP contribution in [0, 0.1) is 12.7 Å². The van der Waals surface area contributed by atoms with Crippen molar-refractivity contribution in [3.63, 3.8) is 0 Å². The molecule has 0 saturated carbocycles. The number of aryl methyl sites for hydroxylation is 2. The molecule has 7 heteroatoms. The third-order valence-corrected chi connectivity index (χ3v) is 5.65. The van der Waals surface area contributed by atoms with Crippen LogP contribution in [0.5, 0.6) is 0 Å². The van der Waals surface area contributed by atoms with E-state index in [4.69, 9.17) is 0 Å². The Balaban J connectivity index is 2.05. The minimum atomic E-state index is -3.84. The second-order valence-electron chi connectivity index (χ2n) is 6.81. The maximum atomic E-state index is 14.2. The monoisotopic (exact) mass is 406 g/mol. The Hall–Kier alpha value is -2.41. The molecular weight excluding hydrogens is 379 g/mol. The first kappa shape index (κ1) is 21.9. The number of rotatable bonds is 9. The average molecular weight is 407 g/mol. The minimum Gasteiger partial charge on any atom is -0.354 e. The highest BCUT2D eigenvalue weighted by atomic mass is 32.2. The van der Waals surface area contributed by atoms with Crippen molar-refractivity contribution in [3.05, 3.63) is 65.5 Å². The van der Waals surface area contributed by atoms with E-state index in [1.165, 1.54) is 29.3 Å². The molecule has 0 heterocycles. The zero-order chi connectivity index (χ0) is 20.7. The quantitative estimate of drug-likeness (QED) is 0.649. The fraction of sp³-hybridized carbons (Fsp3) is 0.381. The molecule has 2 rings (SSSR count). The van der Waals surface area contributed by atoms with Crippen molar-refractivity contribution in [2.24, 2.45) is 0 Å². The van der Waals surface area contributed by atoms with Crippen molar-refractivity contribution < 1.29 is 17.6 Å². The number of hydrogen-bond acceptors (Lipinski definition) is 3. The third kappa shape index (κ3) is 5.79. The molecule has 2 aromatic carbocycles. The van der Waals surface area contributed by atoms with E-state index in [0.717, 1.165) is 23.4 Å². The lowest BCUT2D eigenvalue weighted by molar-refractivity contribution is -0.122. The number of nitrogens with zero attached hydrogens (tertiary/aromatic N) is 1. The molecule has 0 aromatic heterocycles. The van der Waals surface area contributed by atoms with Crippen molar-refractivity contribution in [3.8, 4) is 0 Å². The number of nitrogens with one attached hydrogen (secondary N) is 1. The fourth-order valence-electron chi connectivity index (χ4n) is 3.04. The van der Waals surface area contributed by atoms with E-state index in [1.54, 1.807) is 13.0 Å². The Morgan fingerprint density at radius 1 is 1.14 bits per heavy atom. The number of benzene rings is 2. The second kappa shape index (κ2) is 9.68. The van der Waals surface area contributed by atoms with Gasteiger partial charge in [-0.25, -0.2) is 12.8 Å². The van der Waals surface area contributed by atoms with Crippen molar-refractivity contribution in [2.45, 2.75) is 39.2 Å². The summed E-state index contributed by atoms with van der Waals surface area (Å²) in [7, 11) is -3.84. The summed E-state index contributed by atoms with van der Waals surface area (Å²) >= 11 is 0. The molecule has 0 aliphatic rings. The number of amides is 1. The van der Waals surface area contributed by atoms with Crippen molar-refractivity contribution >= 4 is 21.6 Å². The van der Waals surface area contributed by atoms with E-state index in [1.807, 2.05) is 19.1 Å². The third-order valence-electron chi connectivity index (χ3n) is 4.48. The fourth-order valence-corrected chi connectivity index (χ4v) is 4.25. The predicted molar refractivity (Wildman–Crippen MR) is 110 cm³/mol. The van der Waals surface area contributed by atoms with Gasteiger partial charge in [0.05, 0.1) is 11.9 Å². The van der Waals surface area contributed by atoms with Gasteiger partial charge < -0.3 is 5.32 Å². The van der Waals surface area contributed by atoms with Crippen LogP contribution in [-0.4, -0.2) is 33.2 Å². The van der Waals surface area contributed by atoms with E-state index in [-0.39, 0.29) is 12.1 Å². The Labute approximate surface area is 166 Å². The van der Waals surface area contributed by atoms with Crippen molar-refractivity contribution in [2.75, 3.05) is 17.1 Å². The van der Waals surface area contributed by atoms with Gasteiger partial charge >= 0.3 is 0 Å². The zero-order valence-corrected chi connectivity index (χ0v) is 17.3. The van der Waals surface area contributed by atoms with Gasteiger partial charge in [0, 0.05) is 6.54 Å². The van der Waals surface area contributed by atoms with Crippen LogP contribution in [-0.2, 0) is 21.2 Å². The van der Waals surface area contributed by atoms with Gasteiger partial charge in [-0.15, -0.1) is 0 Å².